The molecule has 0 atom stereocenters. The van der Waals surface area contributed by atoms with Crippen molar-refractivity contribution in [2.24, 2.45) is 0 Å². The Morgan fingerprint density at radius 2 is 2.00 bits per heavy atom. The Bertz CT molecular complexity index is 352. The van der Waals surface area contributed by atoms with Gasteiger partial charge in [0.2, 0.25) is 0 Å². The molecule has 1 rings (SSSR count). The standard InChI is InChI=1S/C9H8O3S.ClH/c1-6(13)12-8-5-3-2-4-7(8)9(10)11;/h2-5H,1H3,(H,10,11);1H. The molecule has 0 saturated heterocycles. The van der Waals surface area contributed by atoms with Crippen LogP contribution in [0, 0.1) is 0 Å². The van der Waals surface area contributed by atoms with E-state index in [2.05, 4.69) is 0 Å². The van der Waals surface area contributed by atoms with Crippen LogP contribution in [0.3, 0.4) is 0 Å². The van der Waals surface area contributed by atoms with Crippen LogP contribution in [0.2, 0.25) is 0 Å². The summed E-state index contributed by atoms with van der Waals surface area (Å²) in [5.41, 5.74) is 0.117. The second kappa shape index (κ2) is 5.57. The van der Waals surface area contributed by atoms with Crippen LogP contribution >= 0.6 is 24.6 Å². The summed E-state index contributed by atoms with van der Waals surface area (Å²) in [6.45, 7) is 1.59. The summed E-state index contributed by atoms with van der Waals surface area (Å²) in [4.78, 5) is 10.7. The maximum absolute atomic E-state index is 10.7. The second-order valence-electron chi connectivity index (χ2n) is 2.39. The van der Waals surface area contributed by atoms with Crippen LogP contribution in [0.4, 0.5) is 0 Å². The molecule has 1 aromatic rings. The number of para-hydroxylation sites is 1. The summed E-state index contributed by atoms with van der Waals surface area (Å²) in [6.07, 6.45) is 0. The zero-order valence-corrected chi connectivity index (χ0v) is 9.02. The monoisotopic (exact) mass is 232 g/mol. The quantitative estimate of drug-likeness (QED) is 0.796. The van der Waals surface area contributed by atoms with Gasteiger partial charge < -0.3 is 9.84 Å². The van der Waals surface area contributed by atoms with Crippen LogP contribution < -0.4 is 4.74 Å². The highest BCUT2D eigenvalue weighted by Gasteiger charge is 2.09. The number of halogens is 1. The van der Waals surface area contributed by atoms with Crippen LogP contribution in [0.15, 0.2) is 24.3 Å². The fourth-order valence-electron chi connectivity index (χ4n) is 0.887. The smallest absolute Gasteiger partial charge is 0.339 e. The number of carbonyl (C=O) groups is 1. The van der Waals surface area contributed by atoms with Crippen molar-refractivity contribution in [1.29, 1.82) is 0 Å². The Labute approximate surface area is 93.1 Å². The van der Waals surface area contributed by atoms with Crippen molar-refractivity contribution in [2.75, 3.05) is 0 Å². The van der Waals surface area contributed by atoms with Crippen LogP contribution in [-0.2, 0) is 0 Å². The zero-order valence-electron chi connectivity index (χ0n) is 7.39. The highest BCUT2D eigenvalue weighted by atomic mass is 35.5. The van der Waals surface area contributed by atoms with E-state index in [1.165, 1.54) is 6.07 Å². The minimum Gasteiger partial charge on any atom is -0.478 e. The van der Waals surface area contributed by atoms with Gasteiger partial charge in [-0.05, 0) is 24.4 Å². The van der Waals surface area contributed by atoms with Crippen molar-refractivity contribution in [3.63, 3.8) is 0 Å². The van der Waals surface area contributed by atoms with Crippen LogP contribution in [-0.4, -0.2) is 16.1 Å². The lowest BCUT2D eigenvalue weighted by atomic mass is 10.2. The number of hydrogen-bond donors (Lipinski definition) is 1. The third-order valence-electron chi connectivity index (χ3n) is 1.37. The molecule has 0 radical (unpaired) electrons. The molecule has 3 nitrogen and oxygen atoms in total. The maximum Gasteiger partial charge on any atom is 0.339 e. The first-order chi connectivity index (χ1) is 6.11. The average Bonchev–Trinajstić information content (AvgIpc) is 2.03. The van der Waals surface area contributed by atoms with Crippen molar-refractivity contribution in [3.05, 3.63) is 29.8 Å². The molecule has 0 aliphatic heterocycles. The van der Waals surface area contributed by atoms with Crippen molar-refractivity contribution in [3.8, 4) is 5.75 Å². The van der Waals surface area contributed by atoms with Crippen molar-refractivity contribution in [1.82, 2.24) is 0 Å². The molecule has 0 aliphatic rings. The molecule has 0 heterocycles. The van der Waals surface area contributed by atoms with Crippen LogP contribution in [0.1, 0.15) is 17.3 Å². The third-order valence-corrected chi connectivity index (χ3v) is 1.45. The van der Waals surface area contributed by atoms with Gasteiger partial charge in [-0.2, -0.15) is 0 Å². The number of rotatable bonds is 2. The fourth-order valence-corrected chi connectivity index (χ4v) is 0.977. The molecular weight excluding hydrogens is 224 g/mol. The predicted octanol–water partition coefficient (Wildman–Crippen LogP) is 2.53. The fraction of sp³-hybridized carbons (Fsp3) is 0.111. The molecule has 0 aromatic heterocycles. The van der Waals surface area contributed by atoms with Crippen molar-refractivity contribution >= 4 is 35.6 Å². The maximum atomic E-state index is 10.7. The van der Waals surface area contributed by atoms with Gasteiger partial charge in [0.15, 0.2) is 5.05 Å². The van der Waals surface area contributed by atoms with E-state index in [0.717, 1.165) is 0 Å². The van der Waals surface area contributed by atoms with Gasteiger partial charge in [0.05, 0.1) is 0 Å². The summed E-state index contributed by atoms with van der Waals surface area (Å²) in [5.74, 6) is -0.741. The Kier molecular flexibility index (Phi) is 5.12. The van der Waals surface area contributed by atoms with E-state index >= 15 is 0 Å². The molecule has 0 bridgehead atoms. The molecule has 76 valence electrons. The molecule has 1 aromatic carbocycles. The number of carboxylic acid groups (broad SMARTS) is 1. The number of carboxylic acids is 1. The SMILES string of the molecule is CC(=S)Oc1ccccc1C(=O)O.Cl. The Morgan fingerprint density at radius 3 is 2.50 bits per heavy atom. The number of aromatic carboxylic acids is 1. The summed E-state index contributed by atoms with van der Waals surface area (Å²) < 4.78 is 5.06. The first-order valence-electron chi connectivity index (χ1n) is 3.62. The van der Waals surface area contributed by atoms with E-state index in [1.807, 2.05) is 0 Å². The minimum absolute atomic E-state index is 0. The van der Waals surface area contributed by atoms with Gasteiger partial charge in [-0.1, -0.05) is 12.1 Å². The van der Waals surface area contributed by atoms with E-state index < -0.39 is 5.97 Å². The molecule has 0 fully saturated rings. The first kappa shape index (κ1) is 12.9. The van der Waals surface area contributed by atoms with Gasteiger partial charge in [-0.25, -0.2) is 4.79 Å². The molecule has 0 amide bonds. The van der Waals surface area contributed by atoms with Crippen molar-refractivity contribution in [2.45, 2.75) is 6.92 Å². The Hall–Kier alpha value is -1.13. The second-order valence-corrected chi connectivity index (χ2v) is 2.97. The Morgan fingerprint density at radius 1 is 1.43 bits per heavy atom. The molecule has 5 heteroatoms. The van der Waals surface area contributed by atoms with Crippen LogP contribution in [0.25, 0.3) is 0 Å². The first-order valence-corrected chi connectivity index (χ1v) is 4.03. The van der Waals surface area contributed by atoms with E-state index in [1.54, 1.807) is 25.1 Å². The summed E-state index contributed by atoms with van der Waals surface area (Å²) in [7, 11) is 0. The lowest BCUT2D eigenvalue weighted by Crippen LogP contribution is -2.05. The normalized spacial score (nSPS) is 8.64. The van der Waals surface area contributed by atoms with E-state index in [4.69, 9.17) is 22.1 Å². The number of hydrogen-bond acceptors (Lipinski definition) is 3. The molecule has 14 heavy (non-hydrogen) atoms. The van der Waals surface area contributed by atoms with Gasteiger partial charge in [-0.3, -0.25) is 0 Å². The van der Waals surface area contributed by atoms with Crippen molar-refractivity contribution < 1.29 is 14.6 Å². The molecule has 0 aliphatic carbocycles. The molecule has 0 spiro atoms. The Balaban J connectivity index is 0.00000169. The minimum atomic E-state index is -1.02. The number of thiocarbonyl (C=S) groups is 1. The molecule has 1 N–H and O–H groups in total. The largest absolute Gasteiger partial charge is 0.478 e. The predicted molar refractivity (Wildman–Crippen MR) is 59.5 cm³/mol. The molecule has 0 saturated carbocycles. The van der Waals surface area contributed by atoms with Gasteiger partial charge >= 0.3 is 5.97 Å². The van der Waals surface area contributed by atoms with E-state index in [0.29, 0.717) is 5.05 Å². The third kappa shape index (κ3) is 3.32. The van der Waals surface area contributed by atoms with E-state index in [-0.39, 0.29) is 23.7 Å². The summed E-state index contributed by atoms with van der Waals surface area (Å²) in [6, 6.07) is 6.37. The lowest BCUT2D eigenvalue weighted by Gasteiger charge is -2.05. The molecule has 0 unspecified atom stereocenters. The highest BCUT2D eigenvalue weighted by Crippen LogP contribution is 2.17. The topological polar surface area (TPSA) is 46.5 Å². The number of ether oxygens (including phenoxy) is 1. The van der Waals surface area contributed by atoms with Gasteiger partial charge in [0.1, 0.15) is 11.3 Å². The van der Waals surface area contributed by atoms with Gasteiger partial charge in [-0.15, -0.1) is 12.4 Å². The van der Waals surface area contributed by atoms with Crippen LogP contribution in [0.5, 0.6) is 5.75 Å². The van der Waals surface area contributed by atoms with Gasteiger partial charge in [0.25, 0.3) is 0 Å². The highest BCUT2D eigenvalue weighted by molar-refractivity contribution is 7.80. The average molecular weight is 233 g/mol. The zero-order chi connectivity index (χ0) is 9.84. The summed E-state index contributed by atoms with van der Waals surface area (Å²) >= 11 is 4.71. The number of benzene rings is 1. The molecular formula is C9H9ClO3S. The van der Waals surface area contributed by atoms with Gasteiger partial charge in [0, 0.05) is 6.92 Å². The summed E-state index contributed by atoms with van der Waals surface area (Å²) in [5, 5.41) is 9.05. The van der Waals surface area contributed by atoms with E-state index in [9.17, 15) is 4.79 Å². The lowest BCUT2D eigenvalue weighted by molar-refractivity contribution is 0.0694.